The summed E-state index contributed by atoms with van der Waals surface area (Å²) in [6.45, 7) is 0. The maximum Gasteiger partial charge on any atom is 0.0741 e. The van der Waals surface area contributed by atoms with Gasteiger partial charge in [-0.2, -0.15) is 0 Å². The third-order valence-electron chi connectivity index (χ3n) is 2.94. The lowest BCUT2D eigenvalue weighted by atomic mass is 9.92. The van der Waals surface area contributed by atoms with Crippen LogP contribution in [0, 0.1) is 0 Å². The minimum absolute atomic E-state index is 0. The van der Waals surface area contributed by atoms with E-state index in [1.807, 2.05) is 24.3 Å². The van der Waals surface area contributed by atoms with Crippen LogP contribution in [0.4, 0.5) is 5.69 Å². The van der Waals surface area contributed by atoms with Gasteiger partial charge in [-0.3, -0.25) is 0 Å². The van der Waals surface area contributed by atoms with E-state index in [-0.39, 0.29) is 13.6 Å². The second kappa shape index (κ2) is 4.86. The fourth-order valence-corrected chi connectivity index (χ4v) is 2.25. The Balaban J connectivity index is 0.00000128. The topological polar surface area (TPSA) is 32.3 Å². The standard InChI is InChI=1S/C12H16ClNO.H2/c13-9-5-1-2-6-10(9)14-11-7-3-4-8-12(11)15;/h1-2,5-6,11-12,14-15H,3-4,7-8H2;1H/t11-,12-;/m1./s1. The summed E-state index contributed by atoms with van der Waals surface area (Å²) in [4.78, 5) is 0. The minimum atomic E-state index is -0.241. The molecule has 3 heteroatoms. The van der Waals surface area contributed by atoms with Gasteiger partial charge in [0.15, 0.2) is 0 Å². The first-order valence-corrected chi connectivity index (χ1v) is 5.84. The van der Waals surface area contributed by atoms with Gasteiger partial charge in [-0.1, -0.05) is 36.6 Å². The van der Waals surface area contributed by atoms with Crippen LogP contribution in [0.2, 0.25) is 5.02 Å². The van der Waals surface area contributed by atoms with Crippen LogP contribution in [0.3, 0.4) is 0 Å². The van der Waals surface area contributed by atoms with Crippen LogP contribution in [-0.2, 0) is 0 Å². The first-order valence-electron chi connectivity index (χ1n) is 5.46. The molecule has 1 aliphatic carbocycles. The van der Waals surface area contributed by atoms with E-state index in [9.17, 15) is 5.11 Å². The van der Waals surface area contributed by atoms with Crippen molar-refractivity contribution in [3.05, 3.63) is 29.3 Å². The number of aliphatic hydroxyl groups is 1. The van der Waals surface area contributed by atoms with E-state index < -0.39 is 0 Å². The first kappa shape index (κ1) is 10.8. The normalized spacial score (nSPS) is 26.3. The molecule has 0 aliphatic heterocycles. The van der Waals surface area contributed by atoms with Crippen molar-refractivity contribution in [2.45, 2.75) is 37.8 Å². The third-order valence-corrected chi connectivity index (χ3v) is 3.27. The molecule has 0 unspecified atom stereocenters. The van der Waals surface area contributed by atoms with Gasteiger partial charge >= 0.3 is 0 Å². The minimum Gasteiger partial charge on any atom is -0.391 e. The molecule has 1 aliphatic rings. The zero-order chi connectivity index (χ0) is 10.7. The lowest BCUT2D eigenvalue weighted by Gasteiger charge is -2.29. The Morgan fingerprint density at radius 1 is 1.27 bits per heavy atom. The zero-order valence-electron chi connectivity index (χ0n) is 8.62. The van der Waals surface area contributed by atoms with Crippen molar-refractivity contribution in [1.82, 2.24) is 0 Å². The van der Waals surface area contributed by atoms with Gasteiger partial charge in [0.1, 0.15) is 0 Å². The van der Waals surface area contributed by atoms with Crippen molar-refractivity contribution in [3.63, 3.8) is 0 Å². The fraction of sp³-hybridized carbons (Fsp3) is 0.500. The van der Waals surface area contributed by atoms with Gasteiger partial charge in [0.05, 0.1) is 22.9 Å². The second-order valence-electron chi connectivity index (χ2n) is 4.08. The Labute approximate surface area is 96.7 Å². The van der Waals surface area contributed by atoms with Crippen molar-refractivity contribution in [2.75, 3.05) is 5.32 Å². The molecule has 1 fully saturated rings. The second-order valence-corrected chi connectivity index (χ2v) is 4.49. The Hall–Kier alpha value is -0.730. The van der Waals surface area contributed by atoms with Crippen LogP contribution in [0.25, 0.3) is 0 Å². The van der Waals surface area contributed by atoms with E-state index in [2.05, 4.69) is 5.32 Å². The zero-order valence-corrected chi connectivity index (χ0v) is 9.37. The lowest BCUT2D eigenvalue weighted by Crippen LogP contribution is -2.36. The molecule has 2 atom stereocenters. The monoisotopic (exact) mass is 227 g/mol. The van der Waals surface area contributed by atoms with E-state index >= 15 is 0 Å². The first-order chi connectivity index (χ1) is 7.27. The third kappa shape index (κ3) is 2.64. The van der Waals surface area contributed by atoms with Crippen LogP contribution in [0.5, 0.6) is 0 Å². The van der Waals surface area contributed by atoms with Crippen molar-refractivity contribution < 1.29 is 6.53 Å². The summed E-state index contributed by atoms with van der Waals surface area (Å²) in [7, 11) is 0. The van der Waals surface area contributed by atoms with Gasteiger partial charge in [0.2, 0.25) is 0 Å². The molecule has 84 valence electrons. The maximum absolute atomic E-state index is 9.82. The molecule has 0 amide bonds. The van der Waals surface area contributed by atoms with E-state index in [0.717, 1.165) is 30.0 Å². The maximum atomic E-state index is 9.82. The summed E-state index contributed by atoms with van der Waals surface area (Å²) in [6.07, 6.45) is 3.98. The molecule has 2 nitrogen and oxygen atoms in total. The number of hydrogen-bond donors (Lipinski definition) is 2. The van der Waals surface area contributed by atoms with Crippen LogP contribution in [0.1, 0.15) is 27.1 Å². The molecule has 0 radical (unpaired) electrons. The summed E-state index contributed by atoms with van der Waals surface area (Å²) < 4.78 is 0. The molecular formula is C12H18ClNO. The highest BCUT2D eigenvalue weighted by atomic mass is 35.5. The molecule has 0 aromatic heterocycles. The van der Waals surface area contributed by atoms with E-state index in [1.165, 1.54) is 6.42 Å². The average molecular weight is 228 g/mol. The molecule has 1 aromatic rings. The Bertz CT molecular complexity index is 335. The van der Waals surface area contributed by atoms with Crippen molar-refractivity contribution in [3.8, 4) is 0 Å². The molecule has 1 aromatic carbocycles. The highest BCUT2D eigenvalue weighted by molar-refractivity contribution is 6.33. The Morgan fingerprint density at radius 3 is 2.73 bits per heavy atom. The predicted molar refractivity (Wildman–Crippen MR) is 65.5 cm³/mol. The molecule has 0 saturated heterocycles. The van der Waals surface area contributed by atoms with E-state index in [4.69, 9.17) is 11.6 Å². The average Bonchev–Trinajstić information content (AvgIpc) is 2.24. The van der Waals surface area contributed by atoms with Gasteiger partial charge in [-0.25, -0.2) is 0 Å². The molecule has 2 rings (SSSR count). The number of aliphatic hydroxyl groups excluding tert-OH is 1. The molecule has 15 heavy (non-hydrogen) atoms. The van der Waals surface area contributed by atoms with Crippen LogP contribution < -0.4 is 5.32 Å². The van der Waals surface area contributed by atoms with Crippen LogP contribution in [-0.4, -0.2) is 17.3 Å². The van der Waals surface area contributed by atoms with Gasteiger partial charge in [-0.05, 0) is 25.0 Å². The highest BCUT2D eigenvalue weighted by Crippen LogP contribution is 2.26. The number of halogens is 1. The predicted octanol–water partition coefficient (Wildman–Crippen LogP) is 3.30. The van der Waals surface area contributed by atoms with Gasteiger partial charge in [0.25, 0.3) is 0 Å². The van der Waals surface area contributed by atoms with Crippen LogP contribution >= 0.6 is 11.6 Å². The van der Waals surface area contributed by atoms with E-state index in [1.54, 1.807) is 0 Å². The summed E-state index contributed by atoms with van der Waals surface area (Å²) >= 11 is 6.05. The van der Waals surface area contributed by atoms with Crippen LogP contribution in [0.15, 0.2) is 24.3 Å². The largest absolute Gasteiger partial charge is 0.391 e. The molecule has 0 spiro atoms. The number of nitrogens with one attached hydrogen (secondary N) is 1. The molecule has 0 heterocycles. The number of para-hydroxylation sites is 1. The van der Waals surface area contributed by atoms with Gasteiger partial charge in [0, 0.05) is 1.43 Å². The quantitative estimate of drug-likeness (QED) is 0.813. The Kier molecular flexibility index (Phi) is 3.49. The number of anilines is 1. The summed E-state index contributed by atoms with van der Waals surface area (Å²) in [5, 5.41) is 13.9. The number of hydrogen-bond acceptors (Lipinski definition) is 2. The highest BCUT2D eigenvalue weighted by Gasteiger charge is 2.22. The molecule has 0 bridgehead atoms. The van der Waals surface area contributed by atoms with Gasteiger partial charge < -0.3 is 10.4 Å². The number of benzene rings is 1. The van der Waals surface area contributed by atoms with Crippen molar-refractivity contribution >= 4 is 17.3 Å². The number of rotatable bonds is 2. The fourth-order valence-electron chi connectivity index (χ4n) is 2.06. The van der Waals surface area contributed by atoms with Crippen molar-refractivity contribution in [1.29, 1.82) is 0 Å². The summed E-state index contributed by atoms with van der Waals surface area (Å²) in [5.41, 5.74) is 0.921. The van der Waals surface area contributed by atoms with E-state index in [0.29, 0.717) is 0 Å². The molecule has 1 saturated carbocycles. The molecular weight excluding hydrogens is 210 g/mol. The Morgan fingerprint density at radius 2 is 2.00 bits per heavy atom. The summed E-state index contributed by atoms with van der Waals surface area (Å²) in [5.74, 6) is 0. The van der Waals surface area contributed by atoms with Crippen molar-refractivity contribution in [2.24, 2.45) is 0 Å². The lowest BCUT2D eigenvalue weighted by molar-refractivity contribution is 0.116. The summed E-state index contributed by atoms with van der Waals surface area (Å²) in [6, 6.07) is 7.82. The SMILES string of the molecule is O[C@@H]1CCCC[C@H]1Nc1ccccc1Cl.[HH]. The smallest absolute Gasteiger partial charge is 0.0741 e. The van der Waals surface area contributed by atoms with Gasteiger partial charge in [-0.15, -0.1) is 0 Å². The molecule has 2 N–H and O–H groups in total.